The summed E-state index contributed by atoms with van der Waals surface area (Å²) in [5.41, 5.74) is 0.533. The fourth-order valence-corrected chi connectivity index (χ4v) is 2.59. The quantitative estimate of drug-likeness (QED) is 0.758. The average Bonchev–Trinajstić information content (AvgIpc) is 2.54. The SMILES string of the molecule is CC(=O)CC(=O)Nc1ccc(N2CCN(C(=O)CC(C)=O)CC2)nc1. The Hall–Kier alpha value is -2.77. The van der Waals surface area contributed by atoms with Crippen LogP contribution in [-0.4, -0.2) is 59.4 Å². The van der Waals surface area contributed by atoms with Gasteiger partial charge in [0.1, 0.15) is 17.4 Å². The largest absolute Gasteiger partial charge is 0.353 e. The summed E-state index contributed by atoms with van der Waals surface area (Å²) in [6, 6.07) is 3.52. The van der Waals surface area contributed by atoms with E-state index in [-0.39, 0.29) is 36.2 Å². The van der Waals surface area contributed by atoms with Crippen molar-refractivity contribution < 1.29 is 19.2 Å². The number of amides is 2. The van der Waals surface area contributed by atoms with Crippen LogP contribution >= 0.6 is 0 Å². The van der Waals surface area contributed by atoms with E-state index in [0.717, 1.165) is 5.82 Å². The third-order valence-corrected chi connectivity index (χ3v) is 3.80. The van der Waals surface area contributed by atoms with E-state index in [2.05, 4.69) is 10.3 Å². The molecule has 1 aromatic rings. The Balaban J connectivity index is 1.87. The molecular weight excluding hydrogens is 324 g/mol. The zero-order chi connectivity index (χ0) is 18.4. The number of anilines is 2. The number of carbonyl (C=O) groups excluding carboxylic acids is 4. The first-order valence-corrected chi connectivity index (χ1v) is 8.12. The molecule has 8 nitrogen and oxygen atoms in total. The maximum Gasteiger partial charge on any atom is 0.231 e. The molecule has 1 N–H and O–H groups in total. The number of Topliss-reactive ketones (excluding diaryl/α,β-unsaturated/α-hetero) is 2. The summed E-state index contributed by atoms with van der Waals surface area (Å²) >= 11 is 0. The Morgan fingerprint density at radius 1 is 1.00 bits per heavy atom. The van der Waals surface area contributed by atoms with Crippen molar-refractivity contribution in [3.8, 4) is 0 Å². The topological polar surface area (TPSA) is 99.7 Å². The van der Waals surface area contributed by atoms with Crippen molar-refractivity contribution in [3.63, 3.8) is 0 Å². The first-order valence-electron chi connectivity index (χ1n) is 8.12. The summed E-state index contributed by atoms with van der Waals surface area (Å²) in [7, 11) is 0. The monoisotopic (exact) mass is 346 g/mol. The van der Waals surface area contributed by atoms with Crippen molar-refractivity contribution >= 4 is 34.9 Å². The van der Waals surface area contributed by atoms with E-state index < -0.39 is 0 Å². The third-order valence-electron chi connectivity index (χ3n) is 3.80. The molecule has 2 heterocycles. The van der Waals surface area contributed by atoms with Gasteiger partial charge in [0.05, 0.1) is 24.7 Å². The molecule has 2 amide bonds. The van der Waals surface area contributed by atoms with Gasteiger partial charge >= 0.3 is 0 Å². The van der Waals surface area contributed by atoms with Gasteiger partial charge in [-0.3, -0.25) is 19.2 Å². The maximum absolute atomic E-state index is 11.9. The van der Waals surface area contributed by atoms with Crippen LogP contribution < -0.4 is 10.2 Å². The zero-order valence-electron chi connectivity index (χ0n) is 14.4. The fourth-order valence-electron chi connectivity index (χ4n) is 2.59. The molecule has 25 heavy (non-hydrogen) atoms. The Bertz CT molecular complexity index is 664. The number of nitrogens with zero attached hydrogens (tertiary/aromatic N) is 3. The van der Waals surface area contributed by atoms with Crippen LogP contribution in [0.3, 0.4) is 0 Å². The summed E-state index contributed by atoms with van der Waals surface area (Å²) < 4.78 is 0. The Kier molecular flexibility index (Phi) is 6.21. The highest BCUT2D eigenvalue weighted by Crippen LogP contribution is 2.16. The zero-order valence-corrected chi connectivity index (χ0v) is 14.4. The molecule has 1 aromatic heterocycles. The van der Waals surface area contributed by atoms with E-state index in [1.165, 1.54) is 13.8 Å². The molecule has 0 aliphatic carbocycles. The minimum absolute atomic E-state index is 0.0487. The molecule has 0 aromatic carbocycles. The number of hydrogen-bond acceptors (Lipinski definition) is 6. The predicted molar refractivity (Wildman–Crippen MR) is 92.3 cm³/mol. The van der Waals surface area contributed by atoms with Crippen LogP contribution in [0, 0.1) is 0 Å². The van der Waals surface area contributed by atoms with Crippen LogP contribution in [0.4, 0.5) is 11.5 Å². The summed E-state index contributed by atoms with van der Waals surface area (Å²) in [5, 5.41) is 2.62. The molecule has 0 spiro atoms. The molecule has 1 aliphatic heterocycles. The molecule has 0 saturated carbocycles. The summed E-state index contributed by atoms with van der Waals surface area (Å²) in [5.74, 6) is -0.0673. The molecular formula is C17H22N4O4. The van der Waals surface area contributed by atoms with Crippen LogP contribution in [0.1, 0.15) is 26.7 Å². The molecule has 0 radical (unpaired) electrons. The Labute approximate surface area is 146 Å². The lowest BCUT2D eigenvalue weighted by atomic mass is 10.2. The third kappa shape index (κ3) is 5.66. The second kappa shape index (κ2) is 8.36. The summed E-state index contributed by atoms with van der Waals surface area (Å²) in [6.45, 7) is 5.13. The standard InChI is InChI=1S/C17H22N4O4/c1-12(22)9-16(24)19-14-3-4-15(18-11-14)20-5-7-21(8-6-20)17(25)10-13(2)23/h3-4,11H,5-10H2,1-2H3,(H,19,24). The highest BCUT2D eigenvalue weighted by Gasteiger charge is 2.22. The second-order valence-corrected chi connectivity index (χ2v) is 6.08. The lowest BCUT2D eigenvalue weighted by Crippen LogP contribution is -2.49. The number of piperazine rings is 1. The second-order valence-electron chi connectivity index (χ2n) is 6.08. The van der Waals surface area contributed by atoms with Crippen molar-refractivity contribution in [1.82, 2.24) is 9.88 Å². The van der Waals surface area contributed by atoms with E-state index in [0.29, 0.717) is 31.9 Å². The van der Waals surface area contributed by atoms with Crippen molar-refractivity contribution in [2.75, 3.05) is 36.4 Å². The number of pyridine rings is 1. The molecule has 0 unspecified atom stereocenters. The van der Waals surface area contributed by atoms with Gasteiger partial charge in [0.15, 0.2) is 0 Å². The smallest absolute Gasteiger partial charge is 0.231 e. The van der Waals surface area contributed by atoms with E-state index in [9.17, 15) is 19.2 Å². The lowest BCUT2D eigenvalue weighted by molar-refractivity contribution is -0.135. The molecule has 0 bridgehead atoms. The first-order chi connectivity index (χ1) is 11.8. The minimum atomic E-state index is -0.361. The normalized spacial score (nSPS) is 14.2. The molecule has 1 aliphatic rings. The molecule has 0 atom stereocenters. The first kappa shape index (κ1) is 18.6. The number of nitrogens with one attached hydrogen (secondary N) is 1. The number of rotatable bonds is 6. The van der Waals surface area contributed by atoms with E-state index in [4.69, 9.17) is 0 Å². The highest BCUT2D eigenvalue weighted by molar-refractivity contribution is 6.03. The van der Waals surface area contributed by atoms with Crippen LogP contribution in [-0.2, 0) is 19.2 Å². The van der Waals surface area contributed by atoms with E-state index >= 15 is 0 Å². The van der Waals surface area contributed by atoms with Crippen molar-refractivity contribution in [1.29, 1.82) is 0 Å². The Morgan fingerprint density at radius 3 is 2.16 bits per heavy atom. The van der Waals surface area contributed by atoms with E-state index in [1.54, 1.807) is 23.2 Å². The van der Waals surface area contributed by atoms with Gasteiger partial charge in [0.2, 0.25) is 11.8 Å². The van der Waals surface area contributed by atoms with Crippen LogP contribution in [0.15, 0.2) is 18.3 Å². The van der Waals surface area contributed by atoms with Crippen molar-refractivity contribution in [2.24, 2.45) is 0 Å². The van der Waals surface area contributed by atoms with Crippen LogP contribution in [0.25, 0.3) is 0 Å². The Morgan fingerprint density at radius 2 is 1.64 bits per heavy atom. The van der Waals surface area contributed by atoms with Crippen molar-refractivity contribution in [2.45, 2.75) is 26.7 Å². The van der Waals surface area contributed by atoms with Gasteiger partial charge in [-0.1, -0.05) is 0 Å². The lowest BCUT2D eigenvalue weighted by Gasteiger charge is -2.35. The number of hydrogen-bond donors (Lipinski definition) is 1. The predicted octanol–water partition coefficient (Wildman–Crippen LogP) is 0.627. The molecule has 134 valence electrons. The maximum atomic E-state index is 11.9. The van der Waals surface area contributed by atoms with Gasteiger partial charge in [-0.25, -0.2) is 4.98 Å². The minimum Gasteiger partial charge on any atom is -0.353 e. The molecule has 1 fully saturated rings. The molecule has 8 heteroatoms. The fraction of sp³-hybridized carbons (Fsp3) is 0.471. The average molecular weight is 346 g/mol. The molecule has 2 rings (SSSR count). The number of carbonyl (C=O) groups is 4. The molecule has 1 saturated heterocycles. The van der Waals surface area contributed by atoms with Gasteiger partial charge in [0.25, 0.3) is 0 Å². The van der Waals surface area contributed by atoms with Gasteiger partial charge in [0, 0.05) is 26.2 Å². The van der Waals surface area contributed by atoms with Gasteiger partial charge in [-0.2, -0.15) is 0 Å². The van der Waals surface area contributed by atoms with Gasteiger partial charge in [-0.15, -0.1) is 0 Å². The van der Waals surface area contributed by atoms with Gasteiger partial charge < -0.3 is 15.1 Å². The summed E-state index contributed by atoms with van der Waals surface area (Å²) in [6.07, 6.45) is 1.34. The highest BCUT2D eigenvalue weighted by atomic mass is 16.2. The van der Waals surface area contributed by atoms with Crippen LogP contribution in [0.5, 0.6) is 0 Å². The number of ketones is 2. The van der Waals surface area contributed by atoms with Crippen LogP contribution in [0.2, 0.25) is 0 Å². The summed E-state index contributed by atoms with van der Waals surface area (Å²) in [4.78, 5) is 53.4. The van der Waals surface area contributed by atoms with E-state index in [1.807, 2.05) is 4.90 Å². The number of aromatic nitrogens is 1. The van der Waals surface area contributed by atoms with Gasteiger partial charge in [-0.05, 0) is 26.0 Å². The van der Waals surface area contributed by atoms with Crippen molar-refractivity contribution in [3.05, 3.63) is 18.3 Å².